The molecule has 94 valence electrons. The minimum atomic E-state index is 0.602. The smallest absolute Gasteiger partial charge is 0.0642 e. The van der Waals surface area contributed by atoms with Gasteiger partial charge in [0.2, 0.25) is 0 Å². The van der Waals surface area contributed by atoms with Crippen LogP contribution < -0.4 is 4.90 Å². The number of nitrogens with zero attached hydrogens (tertiary/aromatic N) is 1. The van der Waals surface area contributed by atoms with E-state index in [1.807, 2.05) is 0 Å². The molecule has 1 atom stereocenters. The monoisotopic (exact) mass is 315 g/mol. The fourth-order valence-electron chi connectivity index (χ4n) is 2.50. The van der Waals surface area contributed by atoms with Crippen LogP contribution in [-0.4, -0.2) is 12.6 Å². The first-order valence-corrected chi connectivity index (χ1v) is 7.83. The zero-order valence-electron chi connectivity index (χ0n) is 10.3. The number of benzene rings is 1. The van der Waals surface area contributed by atoms with Crippen LogP contribution >= 0.6 is 27.5 Å². The number of hydrogen-bond acceptors (Lipinski definition) is 1. The molecule has 0 aromatic heterocycles. The molecule has 0 N–H and O–H groups in total. The molecule has 1 aromatic rings. The van der Waals surface area contributed by atoms with Crippen molar-refractivity contribution < 1.29 is 0 Å². The zero-order valence-corrected chi connectivity index (χ0v) is 12.6. The maximum atomic E-state index is 6.40. The fraction of sp³-hybridized carbons (Fsp3) is 0.571. The molecule has 1 aliphatic rings. The lowest BCUT2D eigenvalue weighted by Gasteiger charge is -2.30. The molecule has 1 nitrogen and oxygen atoms in total. The average Bonchev–Trinajstić information content (AvgIpc) is 2.54. The number of hydrogen-bond donors (Lipinski definition) is 0. The Morgan fingerprint density at radius 1 is 1.35 bits per heavy atom. The van der Waals surface area contributed by atoms with Crippen molar-refractivity contribution in [2.45, 2.75) is 44.0 Å². The maximum absolute atomic E-state index is 6.40. The van der Waals surface area contributed by atoms with Crippen molar-refractivity contribution >= 4 is 33.2 Å². The highest BCUT2D eigenvalue weighted by Gasteiger charge is 2.19. The van der Waals surface area contributed by atoms with E-state index in [0.29, 0.717) is 6.04 Å². The van der Waals surface area contributed by atoms with Gasteiger partial charge < -0.3 is 4.90 Å². The molecule has 1 saturated heterocycles. The van der Waals surface area contributed by atoms with Gasteiger partial charge in [0.15, 0.2) is 0 Å². The lowest BCUT2D eigenvalue weighted by Crippen LogP contribution is -2.32. The van der Waals surface area contributed by atoms with Crippen LogP contribution in [0.3, 0.4) is 0 Å². The standard InChI is InChI=1S/C14H19BrClN/c1-11-5-3-2-4-8-17(11)14-7-6-12(10-15)9-13(14)16/h6-7,9,11H,2-5,8,10H2,1H3. The van der Waals surface area contributed by atoms with Crippen LogP contribution in [0.25, 0.3) is 0 Å². The molecule has 0 aliphatic carbocycles. The maximum Gasteiger partial charge on any atom is 0.0642 e. The van der Waals surface area contributed by atoms with Gasteiger partial charge in [-0.1, -0.05) is 46.4 Å². The van der Waals surface area contributed by atoms with Crippen LogP contribution in [0.4, 0.5) is 5.69 Å². The summed E-state index contributed by atoms with van der Waals surface area (Å²) < 4.78 is 0. The third-order valence-electron chi connectivity index (χ3n) is 3.53. The van der Waals surface area contributed by atoms with E-state index in [1.54, 1.807) is 0 Å². The predicted molar refractivity (Wildman–Crippen MR) is 79.4 cm³/mol. The molecule has 0 saturated carbocycles. The summed E-state index contributed by atoms with van der Waals surface area (Å²) >= 11 is 9.86. The Kier molecular flexibility index (Phi) is 4.75. The van der Waals surface area contributed by atoms with E-state index in [2.05, 4.69) is 46.0 Å². The van der Waals surface area contributed by atoms with Crippen LogP contribution in [-0.2, 0) is 5.33 Å². The third-order valence-corrected chi connectivity index (χ3v) is 4.48. The van der Waals surface area contributed by atoms with Gasteiger partial charge in [0.1, 0.15) is 0 Å². The van der Waals surface area contributed by atoms with E-state index in [1.165, 1.54) is 36.9 Å². The summed E-state index contributed by atoms with van der Waals surface area (Å²) in [6, 6.07) is 7.00. The topological polar surface area (TPSA) is 3.24 Å². The Bertz CT molecular complexity index is 380. The molecule has 1 fully saturated rings. The van der Waals surface area contributed by atoms with Crippen LogP contribution in [0.1, 0.15) is 38.2 Å². The van der Waals surface area contributed by atoms with Crippen molar-refractivity contribution in [1.29, 1.82) is 0 Å². The van der Waals surface area contributed by atoms with Gasteiger partial charge in [0.05, 0.1) is 10.7 Å². The van der Waals surface area contributed by atoms with Crippen molar-refractivity contribution in [2.75, 3.05) is 11.4 Å². The highest BCUT2D eigenvalue weighted by molar-refractivity contribution is 9.08. The van der Waals surface area contributed by atoms with Gasteiger partial charge in [-0.25, -0.2) is 0 Å². The molecule has 0 amide bonds. The number of halogens is 2. The van der Waals surface area contributed by atoms with Crippen LogP contribution in [0.5, 0.6) is 0 Å². The van der Waals surface area contributed by atoms with Gasteiger partial charge >= 0.3 is 0 Å². The minimum absolute atomic E-state index is 0.602. The molecule has 1 aromatic carbocycles. The molecule has 0 spiro atoms. The summed E-state index contributed by atoms with van der Waals surface area (Å²) in [6.45, 7) is 3.44. The Hall–Kier alpha value is -0.210. The van der Waals surface area contributed by atoms with Gasteiger partial charge in [-0.15, -0.1) is 0 Å². The van der Waals surface area contributed by atoms with Crippen molar-refractivity contribution in [2.24, 2.45) is 0 Å². The van der Waals surface area contributed by atoms with Crippen LogP contribution in [0.15, 0.2) is 18.2 Å². The molecule has 3 heteroatoms. The first-order chi connectivity index (χ1) is 8.22. The Morgan fingerprint density at radius 3 is 2.88 bits per heavy atom. The molecule has 1 unspecified atom stereocenters. The lowest BCUT2D eigenvalue weighted by molar-refractivity contribution is 0.616. The SMILES string of the molecule is CC1CCCCCN1c1ccc(CBr)cc1Cl. The Morgan fingerprint density at radius 2 is 2.18 bits per heavy atom. The van der Waals surface area contributed by atoms with Gasteiger partial charge in [-0.05, 0) is 37.5 Å². The molecule has 17 heavy (non-hydrogen) atoms. The summed E-state index contributed by atoms with van der Waals surface area (Å²) in [7, 11) is 0. The first-order valence-electron chi connectivity index (χ1n) is 6.33. The van der Waals surface area contributed by atoms with Gasteiger partial charge in [-0.3, -0.25) is 0 Å². The summed E-state index contributed by atoms with van der Waals surface area (Å²) in [5.74, 6) is 0. The van der Waals surface area contributed by atoms with E-state index in [9.17, 15) is 0 Å². The van der Waals surface area contributed by atoms with E-state index >= 15 is 0 Å². The zero-order chi connectivity index (χ0) is 12.3. The highest BCUT2D eigenvalue weighted by Crippen LogP contribution is 2.31. The van der Waals surface area contributed by atoms with Crippen molar-refractivity contribution in [3.63, 3.8) is 0 Å². The minimum Gasteiger partial charge on any atom is -0.368 e. The summed E-state index contributed by atoms with van der Waals surface area (Å²) in [5, 5.41) is 1.75. The largest absolute Gasteiger partial charge is 0.368 e. The Labute approximate surface area is 117 Å². The number of anilines is 1. The number of rotatable bonds is 2. The van der Waals surface area contributed by atoms with E-state index < -0.39 is 0 Å². The predicted octanol–water partition coefficient (Wildman–Crippen LogP) is 5.00. The molecule has 0 bridgehead atoms. The van der Waals surface area contributed by atoms with Gasteiger partial charge in [0.25, 0.3) is 0 Å². The number of alkyl halides is 1. The van der Waals surface area contributed by atoms with Gasteiger partial charge in [-0.2, -0.15) is 0 Å². The summed E-state index contributed by atoms with van der Waals surface area (Å²) in [4.78, 5) is 2.47. The second-order valence-corrected chi connectivity index (χ2v) is 5.78. The fourth-order valence-corrected chi connectivity index (χ4v) is 3.16. The summed E-state index contributed by atoms with van der Waals surface area (Å²) in [6.07, 6.45) is 5.24. The molecular formula is C14H19BrClN. The van der Waals surface area contributed by atoms with E-state index in [0.717, 1.165) is 16.9 Å². The van der Waals surface area contributed by atoms with Crippen LogP contribution in [0, 0.1) is 0 Å². The molecular weight excluding hydrogens is 298 g/mol. The second-order valence-electron chi connectivity index (χ2n) is 4.81. The van der Waals surface area contributed by atoms with E-state index in [-0.39, 0.29) is 0 Å². The average molecular weight is 317 g/mol. The van der Waals surface area contributed by atoms with E-state index in [4.69, 9.17) is 11.6 Å². The molecule has 1 aliphatic heterocycles. The van der Waals surface area contributed by atoms with Crippen LogP contribution in [0.2, 0.25) is 5.02 Å². The second kappa shape index (κ2) is 6.10. The van der Waals surface area contributed by atoms with Crippen molar-refractivity contribution in [3.8, 4) is 0 Å². The first kappa shape index (κ1) is 13.2. The normalized spacial score (nSPS) is 21.4. The third kappa shape index (κ3) is 3.17. The molecule has 1 heterocycles. The quantitative estimate of drug-likeness (QED) is 0.694. The molecule has 2 rings (SSSR count). The van der Waals surface area contributed by atoms with Gasteiger partial charge in [0, 0.05) is 17.9 Å². The lowest BCUT2D eigenvalue weighted by atomic mass is 10.1. The van der Waals surface area contributed by atoms with Crippen molar-refractivity contribution in [3.05, 3.63) is 28.8 Å². The Balaban J connectivity index is 2.25. The highest BCUT2D eigenvalue weighted by atomic mass is 79.9. The summed E-state index contributed by atoms with van der Waals surface area (Å²) in [5.41, 5.74) is 2.44. The molecule has 0 radical (unpaired) electrons. The van der Waals surface area contributed by atoms with Crippen molar-refractivity contribution in [1.82, 2.24) is 0 Å².